The van der Waals surface area contributed by atoms with Crippen LogP contribution in [-0.2, 0) is 0 Å². The smallest absolute Gasteiger partial charge is 0.400 e. The average Bonchev–Trinajstić information content (AvgIpc) is 3.46. The number of nitro groups is 1. The van der Waals surface area contributed by atoms with E-state index in [2.05, 4.69) is 10.1 Å². The Labute approximate surface area is 190 Å². The number of halogens is 1. The highest BCUT2D eigenvalue weighted by atomic mass is 32.1. The Morgan fingerprint density at radius 3 is 2.58 bits per heavy atom. The first kappa shape index (κ1) is 20.5. The Balaban J connectivity index is 1.67. The molecule has 0 saturated heterocycles. The highest BCUT2D eigenvalue weighted by Crippen LogP contribution is 2.29. The van der Waals surface area contributed by atoms with Crippen molar-refractivity contribution in [3.05, 3.63) is 111 Å². The maximum atomic E-state index is 13.3. The van der Waals surface area contributed by atoms with E-state index in [4.69, 9.17) is 4.42 Å². The van der Waals surface area contributed by atoms with Crippen molar-refractivity contribution in [1.82, 2.24) is 4.68 Å². The van der Waals surface area contributed by atoms with E-state index in [1.165, 1.54) is 41.8 Å². The number of benzene rings is 3. The van der Waals surface area contributed by atoms with Gasteiger partial charge in [0.15, 0.2) is 5.76 Å². The monoisotopic (exact) mass is 458 g/mol. The van der Waals surface area contributed by atoms with Gasteiger partial charge >= 0.3 is 5.88 Å². The molecule has 162 valence electrons. The lowest BCUT2D eigenvalue weighted by Gasteiger charge is -2.07. The van der Waals surface area contributed by atoms with Gasteiger partial charge in [-0.2, -0.15) is 5.10 Å². The third-order valence-electron chi connectivity index (χ3n) is 4.90. The van der Waals surface area contributed by atoms with Gasteiger partial charge in [0.05, 0.1) is 23.7 Å². The summed E-state index contributed by atoms with van der Waals surface area (Å²) < 4.78 is 20.2. The predicted octanol–water partition coefficient (Wildman–Crippen LogP) is 6.12. The van der Waals surface area contributed by atoms with Gasteiger partial charge in [0, 0.05) is 10.9 Å². The molecule has 7 nitrogen and oxygen atoms in total. The lowest BCUT2D eigenvalue weighted by Crippen LogP contribution is -2.11. The molecule has 0 fully saturated rings. The third-order valence-corrected chi connectivity index (χ3v) is 5.71. The molecule has 33 heavy (non-hydrogen) atoms. The maximum absolute atomic E-state index is 13.3. The fourth-order valence-corrected chi connectivity index (χ4v) is 4.22. The molecule has 5 rings (SSSR count). The molecule has 0 atom stereocenters. The highest BCUT2D eigenvalue weighted by molar-refractivity contribution is 7.07. The van der Waals surface area contributed by atoms with Crippen LogP contribution in [-0.4, -0.2) is 15.8 Å². The van der Waals surface area contributed by atoms with Crippen molar-refractivity contribution in [1.29, 1.82) is 0 Å². The molecule has 0 spiro atoms. The second-order valence-corrected chi connectivity index (χ2v) is 7.84. The highest BCUT2D eigenvalue weighted by Gasteiger charge is 2.13. The molecule has 0 saturated carbocycles. The standard InChI is InChI=1S/C24H15FN4O3S/c25-17-8-10-18(11-9-17)27-24-28(26-14-19-12-13-23(32-19)29(30)31)22(15-33-24)21-7-3-5-16-4-1-2-6-20(16)21/h1-15H. The fraction of sp³-hybridized carbons (Fsp3) is 0. The third kappa shape index (κ3) is 4.21. The summed E-state index contributed by atoms with van der Waals surface area (Å²) in [5.41, 5.74) is 2.31. The lowest BCUT2D eigenvalue weighted by molar-refractivity contribution is -0.402. The van der Waals surface area contributed by atoms with Crippen molar-refractivity contribution in [2.45, 2.75) is 0 Å². The van der Waals surface area contributed by atoms with Gasteiger partial charge in [-0.1, -0.05) is 42.5 Å². The summed E-state index contributed by atoms with van der Waals surface area (Å²) in [7, 11) is 0. The lowest BCUT2D eigenvalue weighted by atomic mass is 10.0. The minimum absolute atomic E-state index is 0.233. The van der Waals surface area contributed by atoms with Gasteiger partial charge in [-0.3, -0.25) is 10.1 Å². The molecule has 0 N–H and O–H groups in total. The zero-order valence-electron chi connectivity index (χ0n) is 17.0. The first-order valence-electron chi connectivity index (χ1n) is 9.86. The molecular weight excluding hydrogens is 443 g/mol. The first-order chi connectivity index (χ1) is 16.1. The Bertz CT molecular complexity index is 1560. The van der Waals surface area contributed by atoms with E-state index < -0.39 is 4.92 Å². The molecule has 2 aromatic heterocycles. The number of rotatable bonds is 5. The van der Waals surface area contributed by atoms with Crippen molar-refractivity contribution < 1.29 is 13.7 Å². The largest absolute Gasteiger partial charge is 0.433 e. The van der Waals surface area contributed by atoms with Crippen LogP contribution in [0.1, 0.15) is 5.76 Å². The number of aromatic nitrogens is 1. The van der Waals surface area contributed by atoms with E-state index in [1.54, 1.807) is 16.8 Å². The number of furan rings is 1. The summed E-state index contributed by atoms with van der Waals surface area (Å²) in [6.07, 6.45) is 1.40. The Morgan fingerprint density at radius 2 is 1.79 bits per heavy atom. The molecule has 0 unspecified atom stereocenters. The summed E-state index contributed by atoms with van der Waals surface area (Å²) in [4.78, 5) is 15.5. The molecule has 0 aliphatic carbocycles. The van der Waals surface area contributed by atoms with Gasteiger partial charge in [0.2, 0.25) is 4.80 Å². The van der Waals surface area contributed by atoms with Crippen molar-refractivity contribution in [2.24, 2.45) is 10.1 Å². The van der Waals surface area contributed by atoms with Crippen LogP contribution in [0.3, 0.4) is 0 Å². The minimum Gasteiger partial charge on any atom is -0.400 e. The van der Waals surface area contributed by atoms with E-state index in [1.807, 2.05) is 47.8 Å². The molecular formula is C24H15FN4O3S. The molecule has 0 bridgehead atoms. The van der Waals surface area contributed by atoms with Crippen LogP contribution in [0.15, 0.2) is 98.8 Å². The van der Waals surface area contributed by atoms with Crippen LogP contribution in [0, 0.1) is 15.9 Å². The number of hydrogen-bond acceptors (Lipinski definition) is 6. The zero-order valence-corrected chi connectivity index (χ0v) is 17.8. The molecule has 0 aliphatic rings. The quantitative estimate of drug-likeness (QED) is 0.180. The van der Waals surface area contributed by atoms with Crippen LogP contribution < -0.4 is 4.80 Å². The minimum atomic E-state index is -0.605. The van der Waals surface area contributed by atoms with Crippen LogP contribution in [0.2, 0.25) is 0 Å². The number of hydrogen-bond donors (Lipinski definition) is 0. The normalized spacial score (nSPS) is 12.1. The van der Waals surface area contributed by atoms with Crippen LogP contribution >= 0.6 is 11.3 Å². The van der Waals surface area contributed by atoms with Crippen LogP contribution in [0.4, 0.5) is 16.0 Å². The van der Waals surface area contributed by atoms with Gasteiger partial charge in [0.25, 0.3) is 0 Å². The first-order valence-corrected chi connectivity index (χ1v) is 10.7. The SMILES string of the molecule is O=[N+]([O-])c1ccc(C=Nn2c(-c3cccc4ccccc34)csc2=Nc2ccc(F)cc2)o1. The summed E-state index contributed by atoms with van der Waals surface area (Å²) >= 11 is 1.37. The van der Waals surface area contributed by atoms with E-state index in [0.717, 1.165) is 22.0 Å². The van der Waals surface area contributed by atoms with Crippen molar-refractivity contribution in [3.63, 3.8) is 0 Å². The predicted molar refractivity (Wildman–Crippen MR) is 125 cm³/mol. The Morgan fingerprint density at radius 1 is 1.00 bits per heavy atom. The van der Waals surface area contributed by atoms with Gasteiger partial charge in [0.1, 0.15) is 10.7 Å². The Hall–Kier alpha value is -4.37. The zero-order chi connectivity index (χ0) is 22.8. The molecule has 3 aromatic carbocycles. The van der Waals surface area contributed by atoms with E-state index in [-0.39, 0.29) is 17.5 Å². The second kappa shape index (κ2) is 8.64. The Kier molecular flexibility index (Phi) is 5.37. The topological polar surface area (TPSA) is 85.9 Å². The van der Waals surface area contributed by atoms with Crippen LogP contribution in [0.25, 0.3) is 22.0 Å². The fourth-order valence-electron chi connectivity index (χ4n) is 3.37. The molecule has 9 heteroatoms. The summed E-state index contributed by atoms with van der Waals surface area (Å²) in [6, 6.07) is 22.6. The average molecular weight is 458 g/mol. The van der Waals surface area contributed by atoms with Crippen molar-refractivity contribution in [3.8, 4) is 11.3 Å². The molecule has 0 radical (unpaired) electrons. The van der Waals surface area contributed by atoms with Crippen molar-refractivity contribution >= 4 is 39.9 Å². The van der Waals surface area contributed by atoms with E-state index >= 15 is 0 Å². The maximum Gasteiger partial charge on any atom is 0.433 e. The molecule has 0 amide bonds. The molecule has 2 heterocycles. The summed E-state index contributed by atoms with van der Waals surface area (Å²) in [5, 5.41) is 19.5. The van der Waals surface area contributed by atoms with E-state index in [0.29, 0.717) is 10.5 Å². The molecule has 5 aromatic rings. The number of fused-ring (bicyclic) bond motifs is 1. The summed E-state index contributed by atoms with van der Waals surface area (Å²) in [6.45, 7) is 0. The summed E-state index contributed by atoms with van der Waals surface area (Å²) in [5.74, 6) is -0.476. The van der Waals surface area contributed by atoms with Gasteiger partial charge < -0.3 is 4.42 Å². The number of nitrogens with zero attached hydrogens (tertiary/aromatic N) is 4. The van der Waals surface area contributed by atoms with Crippen molar-refractivity contribution in [2.75, 3.05) is 0 Å². The van der Waals surface area contributed by atoms with Gasteiger partial charge in [-0.05, 0) is 41.1 Å². The van der Waals surface area contributed by atoms with Gasteiger partial charge in [-0.15, -0.1) is 11.3 Å². The second-order valence-electron chi connectivity index (χ2n) is 7.01. The molecule has 0 aliphatic heterocycles. The van der Waals surface area contributed by atoms with Gasteiger partial charge in [-0.25, -0.2) is 14.1 Å². The number of thiazole rings is 1. The van der Waals surface area contributed by atoms with E-state index in [9.17, 15) is 14.5 Å². The van der Waals surface area contributed by atoms with Crippen LogP contribution in [0.5, 0.6) is 0 Å².